The van der Waals surface area contributed by atoms with Crippen LogP contribution in [0.4, 0.5) is 0 Å². The maximum atomic E-state index is 11.2. The second kappa shape index (κ2) is 3.21. The highest BCUT2D eigenvalue weighted by molar-refractivity contribution is 7.93. The van der Waals surface area contributed by atoms with Gasteiger partial charge in [-0.15, -0.1) is 0 Å². The van der Waals surface area contributed by atoms with Crippen LogP contribution in [-0.2, 0) is 19.9 Å². The first-order valence-corrected chi connectivity index (χ1v) is 7.31. The summed E-state index contributed by atoms with van der Waals surface area (Å²) in [6.07, 6.45) is 0. The van der Waals surface area contributed by atoms with Gasteiger partial charge >= 0.3 is 0 Å². The molecule has 0 atom stereocenters. The van der Waals surface area contributed by atoms with E-state index in [0.29, 0.717) is 0 Å². The van der Waals surface area contributed by atoms with Crippen molar-refractivity contribution in [2.75, 3.05) is 11.5 Å². The standard InChI is InChI=1S/C6H13NO4S2/c1-5(2)13(10,11)7-6-3-12(8,9)4-6/h5-7H,3-4H2,1-2H3. The molecule has 1 saturated heterocycles. The smallest absolute Gasteiger partial charge is 0.214 e. The molecule has 1 aliphatic rings. The third kappa shape index (κ3) is 2.65. The average molecular weight is 227 g/mol. The average Bonchev–Trinajstić information content (AvgIpc) is 1.81. The molecule has 0 spiro atoms. The van der Waals surface area contributed by atoms with E-state index in [2.05, 4.69) is 4.72 Å². The normalized spacial score (nSPS) is 23.0. The van der Waals surface area contributed by atoms with Gasteiger partial charge in [0.25, 0.3) is 0 Å². The summed E-state index contributed by atoms with van der Waals surface area (Å²) >= 11 is 0. The summed E-state index contributed by atoms with van der Waals surface area (Å²) in [5, 5.41) is -0.518. The maximum Gasteiger partial charge on any atom is 0.214 e. The Labute approximate surface area is 78.5 Å². The zero-order chi connectivity index (χ0) is 10.3. The van der Waals surface area contributed by atoms with Crippen molar-refractivity contribution < 1.29 is 16.8 Å². The van der Waals surface area contributed by atoms with E-state index in [9.17, 15) is 16.8 Å². The summed E-state index contributed by atoms with van der Waals surface area (Å²) in [5.74, 6) is -0.141. The SMILES string of the molecule is CC(C)S(=O)(=O)NC1CS(=O)(=O)C1. The van der Waals surface area contributed by atoms with Gasteiger partial charge in [-0.3, -0.25) is 0 Å². The van der Waals surface area contributed by atoms with Gasteiger partial charge in [0, 0.05) is 6.04 Å². The lowest BCUT2D eigenvalue weighted by Crippen LogP contribution is -2.54. The molecular formula is C6H13NO4S2. The minimum Gasteiger partial charge on any atom is -0.229 e. The number of rotatable bonds is 3. The van der Waals surface area contributed by atoms with Gasteiger partial charge in [0.2, 0.25) is 10.0 Å². The minimum absolute atomic E-state index is 0.0705. The Morgan fingerprint density at radius 1 is 1.31 bits per heavy atom. The van der Waals surface area contributed by atoms with Crippen LogP contribution in [0.2, 0.25) is 0 Å². The van der Waals surface area contributed by atoms with Gasteiger partial charge in [0.1, 0.15) is 0 Å². The zero-order valence-electron chi connectivity index (χ0n) is 7.52. The van der Waals surface area contributed by atoms with Crippen LogP contribution in [-0.4, -0.2) is 39.6 Å². The molecule has 0 saturated carbocycles. The molecule has 0 radical (unpaired) electrons. The van der Waals surface area contributed by atoms with Gasteiger partial charge in [-0.05, 0) is 13.8 Å². The third-order valence-corrected chi connectivity index (χ3v) is 5.59. The van der Waals surface area contributed by atoms with Crippen molar-refractivity contribution in [3.05, 3.63) is 0 Å². The molecule has 1 N–H and O–H groups in total. The summed E-state index contributed by atoms with van der Waals surface area (Å²) in [6.45, 7) is 3.10. The van der Waals surface area contributed by atoms with E-state index in [4.69, 9.17) is 0 Å². The molecule has 78 valence electrons. The van der Waals surface area contributed by atoms with E-state index in [-0.39, 0.29) is 11.5 Å². The zero-order valence-corrected chi connectivity index (χ0v) is 9.15. The van der Waals surface area contributed by atoms with E-state index in [1.807, 2.05) is 0 Å². The van der Waals surface area contributed by atoms with Crippen molar-refractivity contribution in [1.29, 1.82) is 0 Å². The lowest BCUT2D eigenvalue weighted by atomic mass is 10.4. The van der Waals surface area contributed by atoms with Crippen LogP contribution in [0.25, 0.3) is 0 Å². The van der Waals surface area contributed by atoms with Crippen LogP contribution < -0.4 is 4.72 Å². The Morgan fingerprint density at radius 2 is 1.77 bits per heavy atom. The second-order valence-electron chi connectivity index (χ2n) is 3.49. The van der Waals surface area contributed by atoms with E-state index in [0.717, 1.165) is 0 Å². The molecule has 0 aromatic heterocycles. The van der Waals surface area contributed by atoms with Crippen molar-refractivity contribution in [3.63, 3.8) is 0 Å². The van der Waals surface area contributed by atoms with Crippen LogP contribution in [0.15, 0.2) is 0 Å². The van der Waals surface area contributed by atoms with E-state index in [1.165, 1.54) is 0 Å². The molecule has 1 fully saturated rings. The van der Waals surface area contributed by atoms with Gasteiger partial charge in [0.05, 0.1) is 16.8 Å². The largest absolute Gasteiger partial charge is 0.229 e. The van der Waals surface area contributed by atoms with Crippen LogP contribution in [0.1, 0.15) is 13.8 Å². The van der Waals surface area contributed by atoms with Crippen molar-refractivity contribution in [1.82, 2.24) is 4.72 Å². The summed E-state index contributed by atoms with van der Waals surface area (Å²) in [7, 11) is -6.28. The number of sulfonamides is 1. The topological polar surface area (TPSA) is 80.3 Å². The first kappa shape index (κ1) is 10.9. The molecule has 13 heavy (non-hydrogen) atoms. The van der Waals surface area contributed by atoms with Crippen molar-refractivity contribution >= 4 is 19.9 Å². The third-order valence-electron chi connectivity index (χ3n) is 1.86. The molecular weight excluding hydrogens is 214 g/mol. The van der Waals surface area contributed by atoms with Crippen LogP contribution in [0.5, 0.6) is 0 Å². The van der Waals surface area contributed by atoms with E-state index >= 15 is 0 Å². The monoisotopic (exact) mass is 227 g/mol. The van der Waals surface area contributed by atoms with Crippen molar-refractivity contribution in [3.8, 4) is 0 Å². The summed E-state index contributed by atoms with van der Waals surface area (Å²) in [6, 6.07) is -0.419. The molecule has 1 rings (SSSR count). The van der Waals surface area contributed by atoms with Crippen molar-refractivity contribution in [2.45, 2.75) is 25.1 Å². The first-order valence-electron chi connectivity index (χ1n) is 3.94. The van der Waals surface area contributed by atoms with Crippen LogP contribution in [0.3, 0.4) is 0 Å². The van der Waals surface area contributed by atoms with Crippen LogP contribution >= 0.6 is 0 Å². The molecule has 7 heteroatoms. The van der Waals surface area contributed by atoms with Gasteiger partial charge in [-0.1, -0.05) is 0 Å². The van der Waals surface area contributed by atoms with Gasteiger partial charge in [0.15, 0.2) is 9.84 Å². The number of hydrogen-bond acceptors (Lipinski definition) is 4. The lowest BCUT2D eigenvalue weighted by molar-refractivity contribution is 0.532. The fourth-order valence-electron chi connectivity index (χ4n) is 1.00. The van der Waals surface area contributed by atoms with E-state index in [1.54, 1.807) is 13.8 Å². The number of hydrogen-bond donors (Lipinski definition) is 1. The highest BCUT2D eigenvalue weighted by atomic mass is 32.2. The molecule has 0 amide bonds. The Balaban J connectivity index is 2.54. The number of nitrogens with one attached hydrogen (secondary N) is 1. The molecule has 0 aromatic rings. The van der Waals surface area contributed by atoms with Crippen LogP contribution in [0, 0.1) is 0 Å². The molecule has 0 aliphatic carbocycles. The van der Waals surface area contributed by atoms with E-state index < -0.39 is 31.2 Å². The molecule has 5 nitrogen and oxygen atoms in total. The van der Waals surface area contributed by atoms with Gasteiger partial charge in [-0.2, -0.15) is 0 Å². The number of sulfone groups is 1. The predicted octanol–water partition coefficient (Wildman–Crippen LogP) is -0.889. The highest BCUT2D eigenvalue weighted by Crippen LogP contribution is 2.12. The summed E-state index contributed by atoms with van der Waals surface area (Å²) < 4.78 is 46.3. The second-order valence-corrected chi connectivity index (χ2v) is 7.91. The lowest BCUT2D eigenvalue weighted by Gasteiger charge is -2.27. The fraction of sp³-hybridized carbons (Fsp3) is 1.00. The molecule has 1 heterocycles. The van der Waals surface area contributed by atoms with Gasteiger partial charge in [-0.25, -0.2) is 21.6 Å². The molecule has 1 aliphatic heterocycles. The Kier molecular flexibility index (Phi) is 2.70. The minimum atomic E-state index is -3.32. The Hall–Kier alpha value is -0.140. The molecule has 0 bridgehead atoms. The fourth-order valence-corrected chi connectivity index (χ4v) is 3.41. The first-order chi connectivity index (χ1) is 5.73. The maximum absolute atomic E-state index is 11.2. The van der Waals surface area contributed by atoms with Gasteiger partial charge < -0.3 is 0 Å². The molecule has 0 unspecified atom stereocenters. The molecule has 0 aromatic carbocycles. The Bertz CT molecular complexity index is 369. The summed E-state index contributed by atoms with van der Waals surface area (Å²) in [4.78, 5) is 0. The predicted molar refractivity (Wildman–Crippen MR) is 49.6 cm³/mol. The quantitative estimate of drug-likeness (QED) is 0.678. The van der Waals surface area contributed by atoms with Crippen molar-refractivity contribution in [2.24, 2.45) is 0 Å². The highest BCUT2D eigenvalue weighted by Gasteiger charge is 2.36. The summed E-state index contributed by atoms with van der Waals surface area (Å²) in [5.41, 5.74) is 0. The Morgan fingerprint density at radius 3 is 2.08 bits per heavy atom.